The highest BCUT2D eigenvalue weighted by atomic mass is 32.1. The Kier molecular flexibility index (Phi) is 2.12. The third kappa shape index (κ3) is 1.27. The Morgan fingerprint density at radius 1 is 1.77 bits per heavy atom. The van der Waals surface area contributed by atoms with Crippen molar-refractivity contribution in [1.82, 2.24) is 0 Å². The third-order valence-electron chi connectivity index (χ3n) is 2.68. The highest BCUT2D eigenvalue weighted by molar-refractivity contribution is 7.10. The number of carboxylic acid groups (broad SMARTS) is 1. The molecule has 0 saturated carbocycles. The SMILES string of the molecule is CCc1csc2c1C(C(=O)O)CC2. The van der Waals surface area contributed by atoms with Gasteiger partial charge in [0, 0.05) is 4.88 Å². The maximum atomic E-state index is 10.9. The van der Waals surface area contributed by atoms with Crippen molar-refractivity contribution >= 4 is 17.3 Å². The second-order valence-corrected chi connectivity index (χ2v) is 4.35. The fourth-order valence-electron chi connectivity index (χ4n) is 2.00. The van der Waals surface area contributed by atoms with Gasteiger partial charge in [0.1, 0.15) is 0 Å². The second-order valence-electron chi connectivity index (χ2n) is 3.38. The van der Waals surface area contributed by atoms with Crippen molar-refractivity contribution in [3.05, 3.63) is 21.4 Å². The van der Waals surface area contributed by atoms with Gasteiger partial charge in [-0.05, 0) is 35.8 Å². The van der Waals surface area contributed by atoms with E-state index in [9.17, 15) is 4.79 Å². The summed E-state index contributed by atoms with van der Waals surface area (Å²) in [6.45, 7) is 2.08. The van der Waals surface area contributed by atoms with Gasteiger partial charge in [-0.1, -0.05) is 6.92 Å². The first-order chi connectivity index (χ1) is 6.24. The van der Waals surface area contributed by atoms with Crippen LogP contribution in [0.5, 0.6) is 0 Å². The number of aryl methyl sites for hydroxylation is 2. The summed E-state index contributed by atoms with van der Waals surface area (Å²) in [5.41, 5.74) is 2.37. The van der Waals surface area contributed by atoms with E-state index >= 15 is 0 Å². The standard InChI is InChI=1S/C10H12O2S/c1-2-6-5-13-8-4-3-7(9(6)8)10(11)12/h5,7H,2-4H2,1H3,(H,11,12). The van der Waals surface area contributed by atoms with Gasteiger partial charge in [-0.15, -0.1) is 11.3 Å². The van der Waals surface area contributed by atoms with Crippen LogP contribution in [0.2, 0.25) is 0 Å². The van der Waals surface area contributed by atoms with Crippen LogP contribution in [0.1, 0.15) is 35.3 Å². The molecule has 1 N–H and O–H groups in total. The van der Waals surface area contributed by atoms with Gasteiger partial charge in [0.15, 0.2) is 0 Å². The van der Waals surface area contributed by atoms with Crippen molar-refractivity contribution in [2.24, 2.45) is 0 Å². The number of rotatable bonds is 2. The Labute approximate surface area is 81.2 Å². The molecule has 1 aliphatic rings. The average Bonchev–Trinajstić information content (AvgIpc) is 2.61. The van der Waals surface area contributed by atoms with Gasteiger partial charge in [-0.3, -0.25) is 4.79 Å². The molecule has 1 aromatic rings. The Morgan fingerprint density at radius 3 is 3.15 bits per heavy atom. The number of fused-ring (bicyclic) bond motifs is 1. The normalized spacial score (nSPS) is 20.2. The lowest BCUT2D eigenvalue weighted by molar-refractivity contribution is -0.138. The Morgan fingerprint density at radius 2 is 2.54 bits per heavy atom. The molecule has 2 nitrogen and oxygen atoms in total. The maximum Gasteiger partial charge on any atom is 0.311 e. The first kappa shape index (κ1) is 8.75. The predicted molar refractivity (Wildman–Crippen MR) is 52.4 cm³/mol. The summed E-state index contributed by atoms with van der Waals surface area (Å²) in [5, 5.41) is 11.1. The molecule has 2 rings (SSSR count). The number of thiophene rings is 1. The monoisotopic (exact) mass is 196 g/mol. The van der Waals surface area contributed by atoms with E-state index in [0.29, 0.717) is 0 Å². The molecule has 1 unspecified atom stereocenters. The minimum atomic E-state index is -0.660. The van der Waals surface area contributed by atoms with Gasteiger partial charge >= 0.3 is 5.97 Å². The lowest BCUT2D eigenvalue weighted by Crippen LogP contribution is -2.08. The lowest BCUT2D eigenvalue weighted by atomic mass is 9.99. The van der Waals surface area contributed by atoms with Crippen molar-refractivity contribution < 1.29 is 9.90 Å². The Hall–Kier alpha value is -0.830. The highest BCUT2D eigenvalue weighted by Crippen LogP contribution is 2.39. The van der Waals surface area contributed by atoms with E-state index in [0.717, 1.165) is 24.8 Å². The number of hydrogen-bond donors (Lipinski definition) is 1. The molecule has 0 fully saturated rings. The Bertz CT molecular complexity index is 341. The molecule has 0 spiro atoms. The van der Waals surface area contributed by atoms with Crippen LogP contribution >= 0.6 is 11.3 Å². The van der Waals surface area contributed by atoms with Crippen molar-refractivity contribution in [2.75, 3.05) is 0 Å². The molecular formula is C10H12O2S. The molecule has 70 valence electrons. The summed E-state index contributed by atoms with van der Waals surface area (Å²) in [4.78, 5) is 12.2. The Balaban J connectivity index is 2.43. The van der Waals surface area contributed by atoms with Gasteiger partial charge in [-0.25, -0.2) is 0 Å². The molecule has 0 bridgehead atoms. The van der Waals surface area contributed by atoms with Crippen LogP contribution in [0, 0.1) is 0 Å². The van der Waals surface area contributed by atoms with Gasteiger partial charge < -0.3 is 5.11 Å². The van der Waals surface area contributed by atoms with Crippen LogP contribution in [0.3, 0.4) is 0 Å². The second kappa shape index (κ2) is 3.14. The third-order valence-corrected chi connectivity index (χ3v) is 3.79. The van der Waals surface area contributed by atoms with Crippen molar-refractivity contribution in [3.8, 4) is 0 Å². The smallest absolute Gasteiger partial charge is 0.311 e. The molecule has 1 aromatic heterocycles. The van der Waals surface area contributed by atoms with E-state index in [1.54, 1.807) is 11.3 Å². The van der Waals surface area contributed by atoms with Gasteiger partial charge in [0.25, 0.3) is 0 Å². The zero-order chi connectivity index (χ0) is 9.42. The predicted octanol–water partition coefficient (Wildman–Crippen LogP) is 2.42. The van der Waals surface area contributed by atoms with E-state index in [1.807, 2.05) is 0 Å². The maximum absolute atomic E-state index is 10.9. The van der Waals surface area contributed by atoms with Gasteiger partial charge in [-0.2, -0.15) is 0 Å². The van der Waals surface area contributed by atoms with Crippen LogP contribution < -0.4 is 0 Å². The fourth-order valence-corrected chi connectivity index (χ4v) is 3.21. The zero-order valence-electron chi connectivity index (χ0n) is 7.54. The molecule has 1 heterocycles. The van der Waals surface area contributed by atoms with Crippen LogP contribution in [0.25, 0.3) is 0 Å². The van der Waals surface area contributed by atoms with E-state index in [4.69, 9.17) is 5.11 Å². The van der Waals surface area contributed by atoms with Crippen molar-refractivity contribution in [1.29, 1.82) is 0 Å². The van der Waals surface area contributed by atoms with Crippen LogP contribution in [-0.2, 0) is 17.6 Å². The molecule has 0 aliphatic heterocycles. The van der Waals surface area contributed by atoms with Crippen LogP contribution in [0.4, 0.5) is 0 Å². The van der Waals surface area contributed by atoms with Crippen LogP contribution in [0.15, 0.2) is 5.38 Å². The van der Waals surface area contributed by atoms with Crippen LogP contribution in [-0.4, -0.2) is 11.1 Å². The van der Waals surface area contributed by atoms with E-state index in [2.05, 4.69) is 12.3 Å². The highest BCUT2D eigenvalue weighted by Gasteiger charge is 2.31. The quantitative estimate of drug-likeness (QED) is 0.788. The first-order valence-electron chi connectivity index (χ1n) is 4.56. The number of hydrogen-bond acceptors (Lipinski definition) is 2. The molecule has 0 radical (unpaired) electrons. The number of carboxylic acids is 1. The summed E-state index contributed by atoms with van der Waals surface area (Å²) < 4.78 is 0. The zero-order valence-corrected chi connectivity index (χ0v) is 8.36. The minimum Gasteiger partial charge on any atom is -0.481 e. The van der Waals surface area contributed by atoms with E-state index in [1.165, 1.54) is 10.4 Å². The van der Waals surface area contributed by atoms with E-state index in [-0.39, 0.29) is 5.92 Å². The number of carbonyl (C=O) groups is 1. The molecular weight excluding hydrogens is 184 g/mol. The molecule has 0 amide bonds. The summed E-state index contributed by atoms with van der Waals surface area (Å²) >= 11 is 1.72. The van der Waals surface area contributed by atoms with Crippen molar-refractivity contribution in [3.63, 3.8) is 0 Å². The number of aliphatic carboxylic acids is 1. The summed E-state index contributed by atoms with van der Waals surface area (Å²) in [5.74, 6) is -0.886. The molecule has 13 heavy (non-hydrogen) atoms. The lowest BCUT2D eigenvalue weighted by Gasteiger charge is -2.05. The summed E-state index contributed by atoms with van der Waals surface area (Å²) in [7, 11) is 0. The summed E-state index contributed by atoms with van der Waals surface area (Å²) in [6, 6.07) is 0. The molecule has 1 aliphatic carbocycles. The minimum absolute atomic E-state index is 0.226. The fraction of sp³-hybridized carbons (Fsp3) is 0.500. The van der Waals surface area contributed by atoms with Crippen molar-refractivity contribution in [2.45, 2.75) is 32.1 Å². The molecule has 1 atom stereocenters. The van der Waals surface area contributed by atoms with Gasteiger partial charge in [0.2, 0.25) is 0 Å². The molecule has 0 aromatic carbocycles. The first-order valence-corrected chi connectivity index (χ1v) is 5.44. The van der Waals surface area contributed by atoms with Gasteiger partial charge in [0.05, 0.1) is 5.92 Å². The molecule has 3 heteroatoms. The van der Waals surface area contributed by atoms with E-state index < -0.39 is 5.97 Å². The largest absolute Gasteiger partial charge is 0.481 e. The topological polar surface area (TPSA) is 37.3 Å². The summed E-state index contributed by atoms with van der Waals surface area (Å²) in [6.07, 6.45) is 2.71. The average molecular weight is 196 g/mol. The molecule has 0 saturated heterocycles.